The van der Waals surface area contributed by atoms with Gasteiger partial charge in [-0.1, -0.05) is 17.4 Å². The van der Waals surface area contributed by atoms with Gasteiger partial charge in [-0.25, -0.2) is 14.4 Å². The van der Waals surface area contributed by atoms with Crippen LogP contribution in [0.1, 0.15) is 23.7 Å². The molecule has 0 saturated carbocycles. The largest absolute Gasteiger partial charge is 0.494 e. The van der Waals surface area contributed by atoms with E-state index >= 15 is 0 Å². The molecule has 0 unspecified atom stereocenters. The number of fused-ring (bicyclic) bond motifs is 1. The quantitative estimate of drug-likeness (QED) is 0.363. The first-order valence-electron chi connectivity index (χ1n) is 9.70. The molecule has 0 aliphatic heterocycles. The molecular weight excluding hydrogens is 439 g/mol. The molecule has 0 radical (unpaired) electrons. The molecule has 6 nitrogen and oxygen atoms in total. The maximum atomic E-state index is 13.7. The summed E-state index contributed by atoms with van der Waals surface area (Å²) in [6, 6.07) is 11.4. The van der Waals surface area contributed by atoms with Crippen LogP contribution in [0.25, 0.3) is 10.2 Å². The molecule has 1 amide bonds. The smallest absolute Gasteiger partial charge is 0.260 e. The first-order valence-corrected chi connectivity index (χ1v) is 10.5. The van der Waals surface area contributed by atoms with Gasteiger partial charge in [0, 0.05) is 31.0 Å². The summed E-state index contributed by atoms with van der Waals surface area (Å²) in [5.41, 5.74) is 1.09. The second-order valence-corrected chi connectivity index (χ2v) is 7.69. The summed E-state index contributed by atoms with van der Waals surface area (Å²) in [5.74, 6) is 0.0532. The van der Waals surface area contributed by atoms with Gasteiger partial charge < -0.3 is 9.30 Å². The van der Waals surface area contributed by atoms with Gasteiger partial charge in [-0.05, 0) is 49.7 Å². The van der Waals surface area contributed by atoms with Crippen LogP contribution in [0.15, 0.2) is 61.2 Å². The molecule has 0 spiro atoms. The number of thiazole rings is 1. The van der Waals surface area contributed by atoms with Gasteiger partial charge in [-0.2, -0.15) is 0 Å². The van der Waals surface area contributed by atoms with E-state index in [2.05, 4.69) is 9.97 Å². The summed E-state index contributed by atoms with van der Waals surface area (Å²) in [4.78, 5) is 23.5. The highest BCUT2D eigenvalue weighted by Gasteiger charge is 2.21. The lowest BCUT2D eigenvalue weighted by molar-refractivity contribution is 0.0986. The van der Waals surface area contributed by atoms with E-state index in [9.17, 15) is 9.18 Å². The lowest BCUT2D eigenvalue weighted by Gasteiger charge is -2.20. The average Bonchev–Trinajstić information content (AvgIpc) is 3.40. The van der Waals surface area contributed by atoms with E-state index in [0.29, 0.717) is 36.8 Å². The van der Waals surface area contributed by atoms with Crippen molar-refractivity contribution in [1.82, 2.24) is 14.5 Å². The van der Waals surface area contributed by atoms with Crippen LogP contribution in [-0.4, -0.2) is 33.6 Å². The molecule has 2 heterocycles. The Labute approximate surface area is 189 Å². The maximum absolute atomic E-state index is 13.7. The Bertz CT molecular complexity index is 1150. The third-order valence-corrected chi connectivity index (χ3v) is 5.61. The Balaban J connectivity index is 0.00000272. The fraction of sp³-hybridized carbons (Fsp3) is 0.227. The number of nitrogens with zero attached hydrogens (tertiary/aromatic N) is 4. The van der Waals surface area contributed by atoms with E-state index in [0.717, 1.165) is 16.0 Å². The molecule has 4 aromatic rings. The topological polar surface area (TPSA) is 60.2 Å². The minimum absolute atomic E-state index is 0. The number of amides is 1. The van der Waals surface area contributed by atoms with Crippen molar-refractivity contribution in [3.8, 4) is 5.75 Å². The molecule has 0 N–H and O–H groups in total. The number of anilines is 1. The Morgan fingerprint density at radius 2 is 2.13 bits per heavy atom. The molecule has 9 heteroatoms. The fourth-order valence-electron chi connectivity index (χ4n) is 3.16. The second kappa shape index (κ2) is 10.4. The van der Waals surface area contributed by atoms with E-state index in [4.69, 9.17) is 4.74 Å². The van der Waals surface area contributed by atoms with Gasteiger partial charge in [0.1, 0.15) is 11.6 Å². The first-order chi connectivity index (χ1) is 14.6. The third-order valence-electron chi connectivity index (χ3n) is 4.56. The minimum atomic E-state index is -0.440. The number of carbonyl (C=O) groups excluding carboxylic acids is 1. The minimum Gasteiger partial charge on any atom is -0.494 e. The SMILES string of the molecule is CCOc1ccc2nc(N(CCCn3ccnc3)C(=O)c3cccc(F)c3)sc2c1.Cl. The number of hydrogen-bond donors (Lipinski definition) is 0. The van der Waals surface area contributed by atoms with Crippen LogP contribution in [0.2, 0.25) is 0 Å². The molecular formula is C22H22ClFN4O2S. The van der Waals surface area contributed by atoms with Gasteiger partial charge >= 0.3 is 0 Å². The highest BCUT2D eigenvalue weighted by Crippen LogP contribution is 2.32. The highest BCUT2D eigenvalue weighted by atomic mass is 35.5. The van der Waals surface area contributed by atoms with Crippen molar-refractivity contribution in [2.75, 3.05) is 18.1 Å². The molecule has 4 rings (SSSR count). The van der Waals surface area contributed by atoms with Crippen LogP contribution < -0.4 is 9.64 Å². The number of aryl methyl sites for hydroxylation is 1. The molecule has 2 aromatic heterocycles. The summed E-state index contributed by atoms with van der Waals surface area (Å²) in [6.07, 6.45) is 6.05. The van der Waals surface area contributed by atoms with Crippen molar-refractivity contribution in [2.24, 2.45) is 0 Å². The van der Waals surface area contributed by atoms with E-state index in [1.54, 1.807) is 29.6 Å². The monoisotopic (exact) mass is 460 g/mol. The molecule has 0 saturated heterocycles. The lowest BCUT2D eigenvalue weighted by Crippen LogP contribution is -2.32. The number of imidazole rings is 1. The fourth-order valence-corrected chi connectivity index (χ4v) is 4.17. The van der Waals surface area contributed by atoms with E-state index in [1.165, 1.54) is 23.5 Å². The molecule has 0 aliphatic carbocycles. The number of aromatic nitrogens is 3. The summed E-state index contributed by atoms with van der Waals surface area (Å²) in [5, 5.41) is 0.582. The maximum Gasteiger partial charge on any atom is 0.260 e. The van der Waals surface area contributed by atoms with E-state index < -0.39 is 5.82 Å². The zero-order chi connectivity index (χ0) is 20.9. The Hall–Kier alpha value is -2.97. The predicted molar refractivity (Wildman–Crippen MR) is 123 cm³/mol. The third kappa shape index (κ3) is 5.39. The summed E-state index contributed by atoms with van der Waals surface area (Å²) in [7, 11) is 0. The van der Waals surface area contributed by atoms with Gasteiger partial charge in [0.25, 0.3) is 5.91 Å². The van der Waals surface area contributed by atoms with Crippen molar-refractivity contribution < 1.29 is 13.9 Å². The van der Waals surface area contributed by atoms with E-state index in [-0.39, 0.29) is 18.3 Å². The molecule has 2 aromatic carbocycles. The van der Waals surface area contributed by atoms with Gasteiger partial charge in [0.15, 0.2) is 5.13 Å². The van der Waals surface area contributed by atoms with Crippen molar-refractivity contribution >= 4 is 45.0 Å². The molecule has 0 aliphatic rings. The van der Waals surface area contributed by atoms with Gasteiger partial charge in [0.05, 0.1) is 23.2 Å². The van der Waals surface area contributed by atoms with Crippen LogP contribution in [0.3, 0.4) is 0 Å². The van der Waals surface area contributed by atoms with E-state index in [1.807, 2.05) is 35.9 Å². The van der Waals surface area contributed by atoms with Gasteiger partial charge in [-0.15, -0.1) is 12.4 Å². The van der Waals surface area contributed by atoms with Crippen molar-refractivity contribution in [2.45, 2.75) is 19.9 Å². The van der Waals surface area contributed by atoms with Crippen LogP contribution in [0.4, 0.5) is 9.52 Å². The normalized spacial score (nSPS) is 10.6. The first kappa shape index (κ1) is 22.7. The average molecular weight is 461 g/mol. The zero-order valence-electron chi connectivity index (χ0n) is 16.9. The number of ether oxygens (including phenoxy) is 1. The van der Waals surface area contributed by atoms with Crippen molar-refractivity contribution in [3.63, 3.8) is 0 Å². The predicted octanol–water partition coefficient (Wildman–Crippen LogP) is 5.19. The van der Waals surface area contributed by atoms with Gasteiger partial charge in [-0.3, -0.25) is 9.69 Å². The lowest BCUT2D eigenvalue weighted by atomic mass is 10.2. The highest BCUT2D eigenvalue weighted by molar-refractivity contribution is 7.22. The molecule has 162 valence electrons. The Morgan fingerprint density at radius 1 is 1.26 bits per heavy atom. The summed E-state index contributed by atoms with van der Waals surface area (Å²) < 4.78 is 22.2. The van der Waals surface area contributed by atoms with Crippen LogP contribution >= 0.6 is 23.7 Å². The van der Waals surface area contributed by atoms with Crippen LogP contribution in [0.5, 0.6) is 5.75 Å². The number of carbonyl (C=O) groups is 1. The number of hydrogen-bond acceptors (Lipinski definition) is 5. The van der Waals surface area contributed by atoms with Gasteiger partial charge in [0.2, 0.25) is 0 Å². The zero-order valence-corrected chi connectivity index (χ0v) is 18.5. The standard InChI is InChI=1S/C22H21FN4O2S.ClH/c1-2-29-18-7-8-19-20(14-18)30-22(25-19)27(11-4-10-26-12-9-24-15-26)21(28)16-5-3-6-17(23)13-16;/h3,5-9,12-15H,2,4,10-11H2,1H3;1H. The molecule has 0 bridgehead atoms. The molecule has 0 atom stereocenters. The summed E-state index contributed by atoms with van der Waals surface area (Å²) in [6.45, 7) is 3.68. The van der Waals surface area contributed by atoms with Crippen LogP contribution in [-0.2, 0) is 6.54 Å². The van der Waals surface area contributed by atoms with Crippen molar-refractivity contribution in [3.05, 3.63) is 72.6 Å². The molecule has 31 heavy (non-hydrogen) atoms. The second-order valence-electron chi connectivity index (χ2n) is 6.68. The number of halogens is 2. The Kier molecular flexibility index (Phi) is 7.59. The Morgan fingerprint density at radius 3 is 2.87 bits per heavy atom. The number of benzene rings is 2. The van der Waals surface area contributed by atoms with Crippen LogP contribution in [0, 0.1) is 5.82 Å². The summed E-state index contributed by atoms with van der Waals surface area (Å²) >= 11 is 1.42. The number of rotatable bonds is 8. The van der Waals surface area contributed by atoms with Crippen molar-refractivity contribution in [1.29, 1.82) is 0 Å². The molecule has 0 fully saturated rings.